The topological polar surface area (TPSA) is 92.9 Å². The molecule has 1 rings (SSSR count). The minimum atomic E-state index is -0.901. The van der Waals surface area contributed by atoms with Gasteiger partial charge in [0.2, 0.25) is 5.91 Å². The Labute approximate surface area is 111 Å². The number of carbonyl (C=O) groups is 2. The Balaban J connectivity index is 2.74. The number of primary amides is 1. The number of carboxylic acid groups (broad SMARTS) is 1. The van der Waals surface area contributed by atoms with Crippen LogP contribution in [0.1, 0.15) is 15.9 Å². The van der Waals surface area contributed by atoms with E-state index in [1.807, 2.05) is 6.07 Å². The third-order valence-electron chi connectivity index (χ3n) is 2.59. The second-order valence-electron chi connectivity index (χ2n) is 4.16. The first-order valence-electron chi connectivity index (χ1n) is 5.84. The molecule has 0 bridgehead atoms. The Kier molecular flexibility index (Phi) is 5.98. The van der Waals surface area contributed by atoms with Crippen LogP contribution < -0.4 is 5.73 Å². The zero-order valence-corrected chi connectivity index (χ0v) is 10.8. The summed E-state index contributed by atoms with van der Waals surface area (Å²) in [6.45, 7) is 1.30. The average molecular weight is 266 g/mol. The van der Waals surface area contributed by atoms with Gasteiger partial charge in [0.1, 0.15) is 0 Å². The molecule has 0 fully saturated rings. The Bertz CT molecular complexity index is 448. The van der Waals surface area contributed by atoms with Crippen LogP contribution in [0.25, 0.3) is 0 Å². The zero-order chi connectivity index (χ0) is 14.3. The highest BCUT2D eigenvalue weighted by atomic mass is 16.5. The van der Waals surface area contributed by atoms with E-state index in [2.05, 4.69) is 0 Å². The van der Waals surface area contributed by atoms with Gasteiger partial charge in [-0.05, 0) is 17.7 Å². The van der Waals surface area contributed by atoms with Crippen molar-refractivity contribution in [1.82, 2.24) is 4.90 Å². The second kappa shape index (κ2) is 7.50. The number of ether oxygens (including phenoxy) is 1. The standard InChI is InChI=1S/C13H18N2O4/c1-19-6-5-15(9-12(16)17)8-10-3-2-4-11(7-10)13(14)18/h2-4,7H,5-6,8-9H2,1H3,(H2,14,18)(H,16,17). The normalized spacial score (nSPS) is 10.6. The molecule has 0 aliphatic rings. The Hall–Kier alpha value is -1.92. The van der Waals surface area contributed by atoms with Gasteiger partial charge in [-0.15, -0.1) is 0 Å². The van der Waals surface area contributed by atoms with Gasteiger partial charge in [0, 0.05) is 25.8 Å². The number of amides is 1. The van der Waals surface area contributed by atoms with E-state index in [1.54, 1.807) is 30.2 Å². The number of carbonyl (C=O) groups excluding carboxylic acids is 1. The fourth-order valence-corrected chi connectivity index (χ4v) is 1.71. The maximum Gasteiger partial charge on any atom is 0.317 e. The zero-order valence-electron chi connectivity index (χ0n) is 10.8. The lowest BCUT2D eigenvalue weighted by Gasteiger charge is -2.20. The van der Waals surface area contributed by atoms with Crippen molar-refractivity contribution in [3.63, 3.8) is 0 Å². The molecule has 0 heterocycles. The first-order valence-corrected chi connectivity index (χ1v) is 5.84. The third kappa shape index (κ3) is 5.50. The Morgan fingerprint density at radius 1 is 1.42 bits per heavy atom. The lowest BCUT2D eigenvalue weighted by molar-refractivity contribution is -0.138. The van der Waals surface area contributed by atoms with E-state index < -0.39 is 11.9 Å². The molecule has 0 atom stereocenters. The molecule has 0 spiro atoms. The summed E-state index contributed by atoms with van der Waals surface area (Å²) >= 11 is 0. The van der Waals surface area contributed by atoms with E-state index in [0.717, 1.165) is 5.56 Å². The first-order chi connectivity index (χ1) is 9.02. The monoisotopic (exact) mass is 266 g/mol. The van der Waals surface area contributed by atoms with Crippen molar-refractivity contribution < 1.29 is 19.4 Å². The number of benzene rings is 1. The van der Waals surface area contributed by atoms with Crippen LogP contribution in [-0.2, 0) is 16.1 Å². The number of carboxylic acids is 1. The fourth-order valence-electron chi connectivity index (χ4n) is 1.71. The molecule has 1 aromatic carbocycles. The Morgan fingerprint density at radius 3 is 2.74 bits per heavy atom. The lowest BCUT2D eigenvalue weighted by Crippen LogP contribution is -2.32. The predicted molar refractivity (Wildman–Crippen MR) is 69.7 cm³/mol. The molecule has 0 saturated carbocycles. The van der Waals surface area contributed by atoms with E-state index in [0.29, 0.717) is 25.3 Å². The number of rotatable bonds is 8. The van der Waals surface area contributed by atoms with Crippen LogP contribution in [0.5, 0.6) is 0 Å². The SMILES string of the molecule is COCCN(CC(=O)O)Cc1cccc(C(N)=O)c1. The van der Waals surface area contributed by atoms with Crippen LogP contribution in [0, 0.1) is 0 Å². The van der Waals surface area contributed by atoms with Crippen LogP contribution >= 0.6 is 0 Å². The lowest BCUT2D eigenvalue weighted by atomic mass is 10.1. The number of methoxy groups -OCH3 is 1. The van der Waals surface area contributed by atoms with Gasteiger partial charge in [-0.1, -0.05) is 12.1 Å². The molecule has 0 aliphatic heterocycles. The maximum absolute atomic E-state index is 11.1. The summed E-state index contributed by atoms with van der Waals surface area (Å²) in [6.07, 6.45) is 0. The van der Waals surface area contributed by atoms with Gasteiger partial charge < -0.3 is 15.6 Å². The first kappa shape index (κ1) is 15.1. The summed E-state index contributed by atoms with van der Waals surface area (Å²) in [6, 6.07) is 6.85. The highest BCUT2D eigenvalue weighted by molar-refractivity contribution is 5.92. The molecule has 0 unspecified atom stereocenters. The predicted octanol–water partition coefficient (Wildman–Crippen LogP) is 0.319. The molecule has 6 heteroatoms. The van der Waals surface area contributed by atoms with Gasteiger partial charge >= 0.3 is 5.97 Å². The van der Waals surface area contributed by atoms with Crippen LogP contribution in [-0.4, -0.2) is 48.7 Å². The van der Waals surface area contributed by atoms with E-state index in [9.17, 15) is 9.59 Å². The van der Waals surface area contributed by atoms with Crippen LogP contribution in [0.2, 0.25) is 0 Å². The van der Waals surface area contributed by atoms with Gasteiger partial charge in [0.15, 0.2) is 0 Å². The van der Waals surface area contributed by atoms with Gasteiger partial charge in [-0.3, -0.25) is 14.5 Å². The molecule has 1 amide bonds. The molecule has 1 aromatic rings. The number of hydrogen-bond donors (Lipinski definition) is 2. The van der Waals surface area contributed by atoms with Crippen LogP contribution in [0.4, 0.5) is 0 Å². The van der Waals surface area contributed by atoms with Crippen molar-refractivity contribution in [3.8, 4) is 0 Å². The van der Waals surface area contributed by atoms with Crippen LogP contribution in [0.15, 0.2) is 24.3 Å². The molecular formula is C13H18N2O4. The minimum absolute atomic E-state index is 0.0792. The maximum atomic E-state index is 11.1. The van der Waals surface area contributed by atoms with Crippen molar-refractivity contribution in [2.45, 2.75) is 6.54 Å². The summed E-state index contributed by atoms with van der Waals surface area (Å²) in [5.74, 6) is -1.40. The second-order valence-corrected chi connectivity index (χ2v) is 4.16. The van der Waals surface area contributed by atoms with Crippen molar-refractivity contribution in [3.05, 3.63) is 35.4 Å². The summed E-state index contributed by atoms with van der Waals surface area (Å²) in [5.41, 5.74) is 6.47. The van der Waals surface area contributed by atoms with E-state index in [-0.39, 0.29) is 6.54 Å². The summed E-state index contributed by atoms with van der Waals surface area (Å²) in [7, 11) is 1.56. The molecule has 0 radical (unpaired) electrons. The van der Waals surface area contributed by atoms with Gasteiger partial charge in [0.25, 0.3) is 0 Å². The fraction of sp³-hybridized carbons (Fsp3) is 0.385. The number of aliphatic carboxylic acids is 1. The smallest absolute Gasteiger partial charge is 0.317 e. The largest absolute Gasteiger partial charge is 0.480 e. The van der Waals surface area contributed by atoms with Gasteiger partial charge in [-0.25, -0.2) is 0 Å². The molecule has 0 aromatic heterocycles. The molecule has 19 heavy (non-hydrogen) atoms. The minimum Gasteiger partial charge on any atom is -0.480 e. The quantitative estimate of drug-likeness (QED) is 0.706. The third-order valence-corrected chi connectivity index (χ3v) is 2.59. The van der Waals surface area contributed by atoms with Crippen LogP contribution in [0.3, 0.4) is 0 Å². The average Bonchev–Trinajstić information content (AvgIpc) is 2.35. The van der Waals surface area contributed by atoms with Crippen molar-refractivity contribution in [2.24, 2.45) is 5.73 Å². The summed E-state index contributed by atoms with van der Waals surface area (Å²) in [5, 5.41) is 8.85. The van der Waals surface area contributed by atoms with Gasteiger partial charge in [0.05, 0.1) is 13.2 Å². The molecule has 104 valence electrons. The van der Waals surface area contributed by atoms with Crippen molar-refractivity contribution in [2.75, 3.05) is 26.8 Å². The number of nitrogens with zero attached hydrogens (tertiary/aromatic N) is 1. The van der Waals surface area contributed by atoms with E-state index in [1.165, 1.54) is 0 Å². The molecular weight excluding hydrogens is 248 g/mol. The summed E-state index contributed by atoms with van der Waals surface area (Å²) in [4.78, 5) is 23.6. The molecule has 3 N–H and O–H groups in total. The van der Waals surface area contributed by atoms with Crippen molar-refractivity contribution in [1.29, 1.82) is 0 Å². The summed E-state index contributed by atoms with van der Waals surface area (Å²) < 4.78 is 4.94. The highest BCUT2D eigenvalue weighted by Crippen LogP contribution is 2.08. The molecule has 6 nitrogen and oxygen atoms in total. The van der Waals surface area contributed by atoms with E-state index in [4.69, 9.17) is 15.6 Å². The van der Waals surface area contributed by atoms with Gasteiger partial charge in [-0.2, -0.15) is 0 Å². The van der Waals surface area contributed by atoms with Crippen molar-refractivity contribution >= 4 is 11.9 Å². The van der Waals surface area contributed by atoms with E-state index >= 15 is 0 Å². The number of nitrogens with two attached hydrogens (primary N) is 1. The number of hydrogen-bond acceptors (Lipinski definition) is 4. The molecule has 0 saturated heterocycles. The highest BCUT2D eigenvalue weighted by Gasteiger charge is 2.11. The molecule has 0 aliphatic carbocycles. The Morgan fingerprint density at radius 2 is 2.16 bits per heavy atom.